The summed E-state index contributed by atoms with van der Waals surface area (Å²) in [5.41, 5.74) is 1.05. The Hall–Kier alpha value is -3.68. The monoisotopic (exact) mass is 397 g/mol. The van der Waals surface area contributed by atoms with Crippen LogP contribution in [0.2, 0.25) is 0 Å². The van der Waals surface area contributed by atoms with Crippen LogP contribution in [-0.4, -0.2) is 29.9 Å². The molecule has 0 fully saturated rings. The number of aromatic nitrogens is 2. The molecule has 8 heteroatoms. The molecule has 3 aromatic rings. The SMILES string of the molecule is COc1ccc(OC)c(NC(=O)C(C)n2nc(-c3ccc(F)cc3)ccc2=O)c1. The first kappa shape index (κ1) is 20.1. The van der Waals surface area contributed by atoms with Gasteiger partial charge in [-0.15, -0.1) is 0 Å². The standard InChI is InChI=1S/C21H20FN3O4/c1-13(21(27)23-18-12-16(28-2)8-10-19(18)29-3)25-20(26)11-9-17(24-25)14-4-6-15(22)7-5-14/h4-13H,1-3H3,(H,23,27). The summed E-state index contributed by atoms with van der Waals surface area (Å²) in [6, 6.07) is 12.7. The first-order valence-corrected chi connectivity index (χ1v) is 8.81. The van der Waals surface area contributed by atoms with Gasteiger partial charge < -0.3 is 14.8 Å². The first-order chi connectivity index (χ1) is 13.9. The Balaban J connectivity index is 1.89. The second-order valence-electron chi connectivity index (χ2n) is 6.24. The fourth-order valence-corrected chi connectivity index (χ4v) is 2.74. The Kier molecular flexibility index (Phi) is 5.92. The van der Waals surface area contributed by atoms with Crippen LogP contribution in [0.25, 0.3) is 11.3 Å². The second kappa shape index (κ2) is 8.55. The van der Waals surface area contributed by atoms with Gasteiger partial charge in [-0.2, -0.15) is 5.10 Å². The predicted molar refractivity (Wildman–Crippen MR) is 107 cm³/mol. The average Bonchev–Trinajstić information content (AvgIpc) is 2.74. The maximum absolute atomic E-state index is 13.2. The third-order valence-electron chi connectivity index (χ3n) is 4.38. The minimum absolute atomic E-state index is 0.373. The van der Waals surface area contributed by atoms with E-state index in [4.69, 9.17) is 9.47 Å². The molecular weight excluding hydrogens is 377 g/mol. The van der Waals surface area contributed by atoms with Crippen molar-refractivity contribution in [1.29, 1.82) is 0 Å². The molecule has 1 N–H and O–H groups in total. The van der Waals surface area contributed by atoms with Crippen molar-refractivity contribution in [3.05, 3.63) is 70.8 Å². The maximum Gasteiger partial charge on any atom is 0.267 e. The lowest BCUT2D eigenvalue weighted by Gasteiger charge is -2.17. The van der Waals surface area contributed by atoms with E-state index in [9.17, 15) is 14.0 Å². The number of amides is 1. The largest absolute Gasteiger partial charge is 0.497 e. The van der Waals surface area contributed by atoms with Crippen molar-refractivity contribution in [2.45, 2.75) is 13.0 Å². The Morgan fingerprint density at radius 1 is 1.07 bits per heavy atom. The van der Waals surface area contributed by atoms with E-state index in [0.717, 1.165) is 4.68 Å². The van der Waals surface area contributed by atoms with Gasteiger partial charge in [-0.3, -0.25) is 9.59 Å². The van der Waals surface area contributed by atoms with Crippen LogP contribution in [0.15, 0.2) is 59.4 Å². The molecule has 3 rings (SSSR count). The molecule has 1 aromatic heterocycles. The Morgan fingerprint density at radius 3 is 2.45 bits per heavy atom. The molecule has 150 valence electrons. The molecule has 0 saturated carbocycles. The molecule has 0 bridgehead atoms. The van der Waals surface area contributed by atoms with E-state index in [-0.39, 0.29) is 5.82 Å². The summed E-state index contributed by atoms with van der Waals surface area (Å²) in [6.07, 6.45) is 0. The van der Waals surface area contributed by atoms with Crippen LogP contribution in [0.3, 0.4) is 0 Å². The molecular formula is C21H20FN3O4. The van der Waals surface area contributed by atoms with E-state index in [1.807, 2.05) is 0 Å². The number of ether oxygens (including phenoxy) is 2. The Labute approximate surface area is 166 Å². The second-order valence-corrected chi connectivity index (χ2v) is 6.24. The van der Waals surface area contributed by atoms with Crippen molar-refractivity contribution in [3.8, 4) is 22.8 Å². The number of hydrogen-bond donors (Lipinski definition) is 1. The summed E-state index contributed by atoms with van der Waals surface area (Å²) >= 11 is 0. The topological polar surface area (TPSA) is 82.4 Å². The minimum atomic E-state index is -0.904. The number of carbonyl (C=O) groups excluding carboxylic acids is 1. The molecule has 1 unspecified atom stereocenters. The van der Waals surface area contributed by atoms with E-state index >= 15 is 0 Å². The number of anilines is 1. The van der Waals surface area contributed by atoms with Gasteiger partial charge in [-0.25, -0.2) is 9.07 Å². The number of methoxy groups -OCH3 is 2. The van der Waals surface area contributed by atoms with Crippen LogP contribution in [0, 0.1) is 5.82 Å². The summed E-state index contributed by atoms with van der Waals surface area (Å²) < 4.78 is 24.7. The van der Waals surface area contributed by atoms with Gasteiger partial charge in [0.1, 0.15) is 23.4 Å². The van der Waals surface area contributed by atoms with Crippen LogP contribution in [0.5, 0.6) is 11.5 Å². The van der Waals surface area contributed by atoms with E-state index in [1.165, 1.54) is 38.5 Å². The fourth-order valence-electron chi connectivity index (χ4n) is 2.74. The van der Waals surface area contributed by atoms with Gasteiger partial charge in [0.25, 0.3) is 5.56 Å². The minimum Gasteiger partial charge on any atom is -0.497 e. The maximum atomic E-state index is 13.2. The third kappa shape index (κ3) is 4.43. The molecule has 0 saturated heterocycles. The number of hydrogen-bond acceptors (Lipinski definition) is 5. The van der Waals surface area contributed by atoms with Crippen molar-refractivity contribution in [2.75, 3.05) is 19.5 Å². The molecule has 0 spiro atoms. The van der Waals surface area contributed by atoms with Crippen LogP contribution in [0.1, 0.15) is 13.0 Å². The van der Waals surface area contributed by atoms with Gasteiger partial charge in [0.2, 0.25) is 5.91 Å². The van der Waals surface area contributed by atoms with E-state index in [1.54, 1.807) is 37.3 Å². The lowest BCUT2D eigenvalue weighted by molar-refractivity contribution is -0.119. The van der Waals surface area contributed by atoms with E-state index < -0.39 is 17.5 Å². The predicted octanol–water partition coefficient (Wildman–Crippen LogP) is 3.27. The van der Waals surface area contributed by atoms with Crippen LogP contribution in [0.4, 0.5) is 10.1 Å². The zero-order valence-corrected chi connectivity index (χ0v) is 16.2. The number of carbonyl (C=O) groups is 1. The molecule has 1 atom stereocenters. The quantitative estimate of drug-likeness (QED) is 0.690. The highest BCUT2D eigenvalue weighted by Crippen LogP contribution is 2.29. The number of rotatable bonds is 6. The van der Waals surface area contributed by atoms with E-state index in [2.05, 4.69) is 10.4 Å². The molecule has 2 aromatic carbocycles. The summed E-state index contributed by atoms with van der Waals surface area (Å²) in [7, 11) is 3.00. The van der Waals surface area contributed by atoms with Crippen molar-refractivity contribution >= 4 is 11.6 Å². The fraction of sp³-hybridized carbons (Fsp3) is 0.190. The van der Waals surface area contributed by atoms with Gasteiger partial charge in [0.05, 0.1) is 25.6 Å². The lowest BCUT2D eigenvalue weighted by atomic mass is 10.1. The lowest BCUT2D eigenvalue weighted by Crippen LogP contribution is -2.33. The van der Waals surface area contributed by atoms with Crippen LogP contribution in [-0.2, 0) is 4.79 Å². The summed E-state index contributed by atoms with van der Waals surface area (Å²) in [6.45, 7) is 1.56. The van der Waals surface area contributed by atoms with Gasteiger partial charge in [0.15, 0.2) is 0 Å². The molecule has 0 radical (unpaired) electrons. The highest BCUT2D eigenvalue weighted by Gasteiger charge is 2.20. The molecule has 0 aliphatic carbocycles. The van der Waals surface area contributed by atoms with Crippen LogP contribution < -0.4 is 20.3 Å². The highest BCUT2D eigenvalue weighted by molar-refractivity contribution is 5.95. The number of nitrogens with zero attached hydrogens (tertiary/aromatic N) is 2. The zero-order valence-electron chi connectivity index (χ0n) is 16.2. The third-order valence-corrected chi connectivity index (χ3v) is 4.38. The Morgan fingerprint density at radius 2 is 1.79 bits per heavy atom. The first-order valence-electron chi connectivity index (χ1n) is 8.81. The summed E-state index contributed by atoms with van der Waals surface area (Å²) in [4.78, 5) is 25.1. The number of nitrogens with one attached hydrogen (secondary N) is 1. The molecule has 1 amide bonds. The molecule has 0 aliphatic rings. The van der Waals surface area contributed by atoms with Crippen molar-refractivity contribution < 1.29 is 18.7 Å². The molecule has 29 heavy (non-hydrogen) atoms. The summed E-state index contributed by atoms with van der Waals surface area (Å²) in [5.74, 6) is 0.165. The molecule has 7 nitrogen and oxygen atoms in total. The highest BCUT2D eigenvalue weighted by atomic mass is 19.1. The van der Waals surface area contributed by atoms with Crippen LogP contribution >= 0.6 is 0 Å². The molecule has 1 heterocycles. The average molecular weight is 397 g/mol. The molecule has 0 aliphatic heterocycles. The van der Waals surface area contributed by atoms with Gasteiger partial charge in [-0.1, -0.05) is 0 Å². The summed E-state index contributed by atoms with van der Waals surface area (Å²) in [5, 5.41) is 7.01. The number of benzene rings is 2. The smallest absolute Gasteiger partial charge is 0.267 e. The zero-order chi connectivity index (χ0) is 21.0. The normalized spacial score (nSPS) is 11.6. The number of halogens is 1. The van der Waals surface area contributed by atoms with E-state index in [0.29, 0.717) is 28.4 Å². The van der Waals surface area contributed by atoms with Crippen molar-refractivity contribution in [2.24, 2.45) is 0 Å². The van der Waals surface area contributed by atoms with Crippen molar-refractivity contribution in [1.82, 2.24) is 9.78 Å². The Bertz CT molecular complexity index is 1080. The van der Waals surface area contributed by atoms with Crippen molar-refractivity contribution in [3.63, 3.8) is 0 Å². The van der Waals surface area contributed by atoms with Gasteiger partial charge in [-0.05, 0) is 49.4 Å². The van der Waals surface area contributed by atoms with Gasteiger partial charge >= 0.3 is 0 Å². The van der Waals surface area contributed by atoms with Gasteiger partial charge in [0, 0.05) is 17.7 Å².